The van der Waals surface area contributed by atoms with Crippen LogP contribution in [0, 0.1) is 0 Å². The van der Waals surface area contributed by atoms with Crippen LogP contribution in [0.2, 0.25) is 0 Å². The molecule has 0 spiro atoms. The topological polar surface area (TPSA) is 344 Å². The molecule has 0 atom stereocenters. The maximum atomic E-state index is 5.92. The fourth-order valence-electron chi connectivity index (χ4n) is 3.72. The average molecular weight is 695 g/mol. The van der Waals surface area contributed by atoms with E-state index in [9.17, 15) is 0 Å². The number of rotatable bonds is 19. The molecule has 2 aromatic carbocycles. The standard InChI is InChI=1S/C30H46N16O4/c1-17(39-43-27(31)32)21-11-22(18(2)40-44-28(33)34)14-25(13-21)49-9-7-47-5-6-48-8-10-50-26-15-23(19(3)41-45-29(35)36)12-24(16-26)20(4)42-46-30(37)38/h11-16H,5-10H2,1-4H3,(H4,31,32,43)(H4,33,34,44)(H4,35,36,45)(H4,37,38,46)/b39-17-,40-18-,41-19-,42-20+. The van der Waals surface area contributed by atoms with Gasteiger partial charge in [-0.05, 0) is 64.1 Å². The zero-order valence-corrected chi connectivity index (χ0v) is 28.5. The van der Waals surface area contributed by atoms with E-state index in [4.69, 9.17) is 64.8 Å². The number of guanidine groups is 4. The van der Waals surface area contributed by atoms with E-state index in [1.807, 2.05) is 12.1 Å². The molecule has 0 unspecified atom stereocenters. The zero-order chi connectivity index (χ0) is 37.1. The van der Waals surface area contributed by atoms with Crippen molar-refractivity contribution in [3.8, 4) is 11.5 Å². The highest BCUT2D eigenvalue weighted by Crippen LogP contribution is 2.21. The third-order valence-corrected chi connectivity index (χ3v) is 6.11. The van der Waals surface area contributed by atoms with Crippen LogP contribution in [-0.2, 0) is 9.47 Å². The number of hydrogen-bond acceptors (Lipinski definition) is 12. The Balaban J connectivity index is 1.92. The number of ether oxygens (including phenoxy) is 4. The summed E-state index contributed by atoms with van der Waals surface area (Å²) in [6, 6.07) is 10.8. The molecule has 50 heavy (non-hydrogen) atoms. The fourth-order valence-corrected chi connectivity index (χ4v) is 3.72. The van der Waals surface area contributed by atoms with Crippen LogP contribution >= 0.6 is 0 Å². The van der Waals surface area contributed by atoms with E-state index in [-0.39, 0.29) is 37.1 Å². The van der Waals surface area contributed by atoms with E-state index < -0.39 is 0 Å². The molecular weight excluding hydrogens is 648 g/mol. The van der Waals surface area contributed by atoms with Crippen LogP contribution in [-0.4, -0.2) is 86.3 Å². The van der Waals surface area contributed by atoms with Gasteiger partial charge in [-0.2, -0.15) is 20.4 Å². The Morgan fingerprint density at radius 1 is 0.380 bits per heavy atom. The minimum absolute atomic E-state index is 0.167. The largest absolute Gasteiger partial charge is 0.491 e. The monoisotopic (exact) mass is 694 g/mol. The predicted octanol–water partition coefficient (Wildman–Crippen LogP) is -0.833. The summed E-state index contributed by atoms with van der Waals surface area (Å²) in [5.41, 5.74) is 48.2. The van der Waals surface area contributed by atoms with Crippen molar-refractivity contribution in [2.24, 2.45) is 86.7 Å². The highest BCUT2D eigenvalue weighted by Gasteiger charge is 2.10. The summed E-state index contributed by atoms with van der Waals surface area (Å²) < 4.78 is 23.1. The second kappa shape index (κ2) is 20.8. The molecule has 20 nitrogen and oxygen atoms in total. The van der Waals surface area contributed by atoms with Gasteiger partial charge in [0, 0.05) is 22.3 Å². The first-order valence-corrected chi connectivity index (χ1v) is 15.0. The molecule has 0 aliphatic heterocycles. The summed E-state index contributed by atoms with van der Waals surface area (Å²) in [6.45, 7) is 8.80. The van der Waals surface area contributed by atoms with Crippen LogP contribution in [0.4, 0.5) is 0 Å². The Kier molecular flexibility index (Phi) is 16.6. The molecule has 0 radical (unpaired) electrons. The normalized spacial score (nSPS) is 12.2. The molecule has 270 valence electrons. The average Bonchev–Trinajstić information content (AvgIpc) is 3.07. The molecular formula is C30H46N16O4. The van der Waals surface area contributed by atoms with Gasteiger partial charge in [0.15, 0.2) is 0 Å². The number of nitrogens with two attached hydrogens (primary N) is 8. The Morgan fingerprint density at radius 2 is 0.620 bits per heavy atom. The molecule has 0 bridgehead atoms. The molecule has 0 aromatic heterocycles. The van der Waals surface area contributed by atoms with E-state index in [2.05, 4.69) is 40.8 Å². The van der Waals surface area contributed by atoms with Gasteiger partial charge in [0.25, 0.3) is 0 Å². The molecule has 0 saturated carbocycles. The van der Waals surface area contributed by atoms with Crippen LogP contribution in [0.15, 0.2) is 77.2 Å². The van der Waals surface area contributed by atoms with Crippen molar-refractivity contribution >= 4 is 46.7 Å². The number of benzene rings is 2. The van der Waals surface area contributed by atoms with Gasteiger partial charge in [0.05, 0.1) is 49.3 Å². The Bertz CT molecular complexity index is 1450. The summed E-state index contributed by atoms with van der Waals surface area (Å²) in [5, 5.41) is 31.0. The van der Waals surface area contributed by atoms with Gasteiger partial charge < -0.3 is 64.8 Å². The van der Waals surface area contributed by atoms with Crippen molar-refractivity contribution in [3.05, 3.63) is 58.7 Å². The van der Waals surface area contributed by atoms with E-state index in [1.165, 1.54) is 0 Å². The first kappa shape index (κ1) is 39.9. The first-order chi connectivity index (χ1) is 23.7. The van der Waals surface area contributed by atoms with Crippen molar-refractivity contribution in [1.29, 1.82) is 0 Å². The second-order valence-electron chi connectivity index (χ2n) is 10.3. The van der Waals surface area contributed by atoms with Gasteiger partial charge in [-0.1, -0.05) is 0 Å². The maximum absolute atomic E-state index is 5.92. The van der Waals surface area contributed by atoms with E-state index in [0.717, 1.165) is 0 Å². The van der Waals surface area contributed by atoms with Crippen LogP contribution in [0.5, 0.6) is 11.5 Å². The molecule has 2 aromatic rings. The second-order valence-corrected chi connectivity index (χ2v) is 10.3. The third kappa shape index (κ3) is 15.5. The van der Waals surface area contributed by atoms with E-state index in [1.54, 1.807) is 52.0 Å². The van der Waals surface area contributed by atoms with Crippen LogP contribution in [0.25, 0.3) is 0 Å². The van der Waals surface area contributed by atoms with E-state index >= 15 is 0 Å². The quantitative estimate of drug-likeness (QED) is 0.0386. The minimum atomic E-state index is -0.167. The molecule has 16 N–H and O–H groups in total. The lowest BCUT2D eigenvalue weighted by atomic mass is 10.0. The lowest BCUT2D eigenvalue weighted by molar-refractivity contribution is 0.0273. The molecule has 0 amide bonds. The summed E-state index contributed by atoms with van der Waals surface area (Å²) >= 11 is 0. The summed E-state index contributed by atoms with van der Waals surface area (Å²) in [4.78, 5) is 0. The minimum Gasteiger partial charge on any atom is -0.491 e. The third-order valence-electron chi connectivity index (χ3n) is 6.11. The fraction of sp³-hybridized carbons (Fsp3) is 0.333. The van der Waals surface area contributed by atoms with Crippen molar-refractivity contribution in [2.75, 3.05) is 39.6 Å². The van der Waals surface area contributed by atoms with Crippen molar-refractivity contribution in [3.63, 3.8) is 0 Å². The summed E-state index contributed by atoms with van der Waals surface area (Å²) in [5.74, 6) is 0.409. The van der Waals surface area contributed by atoms with Gasteiger partial charge in [0.2, 0.25) is 23.8 Å². The molecule has 0 aliphatic carbocycles. The first-order valence-electron chi connectivity index (χ1n) is 15.0. The number of nitrogens with zero attached hydrogens (tertiary/aromatic N) is 8. The summed E-state index contributed by atoms with van der Waals surface area (Å²) in [6.07, 6.45) is 0. The molecule has 20 heteroatoms. The van der Waals surface area contributed by atoms with Gasteiger partial charge in [-0.3, -0.25) is 0 Å². The number of hydrogen-bond donors (Lipinski definition) is 8. The lowest BCUT2D eigenvalue weighted by Crippen LogP contribution is -2.22. The highest BCUT2D eigenvalue weighted by molar-refractivity contribution is 6.05. The highest BCUT2D eigenvalue weighted by atomic mass is 16.6. The van der Waals surface area contributed by atoms with Gasteiger partial charge in [-0.15, -0.1) is 20.4 Å². The molecule has 0 heterocycles. The SMILES string of the molecule is C/C(=N/N=C(N)N)c1cc(OCCOCCOCCOc2cc(/C(C)=N\N=C(N)N)cc(/C(C)=N/N=C(N)N)c2)cc(/C(C)=N\N=C(N)N)c1. The van der Waals surface area contributed by atoms with Crippen molar-refractivity contribution < 1.29 is 18.9 Å². The smallest absolute Gasteiger partial charge is 0.211 e. The molecule has 0 fully saturated rings. The Morgan fingerprint density at radius 3 is 0.860 bits per heavy atom. The van der Waals surface area contributed by atoms with Crippen molar-refractivity contribution in [1.82, 2.24) is 0 Å². The van der Waals surface area contributed by atoms with Gasteiger partial charge >= 0.3 is 0 Å². The maximum Gasteiger partial charge on any atom is 0.211 e. The molecule has 0 aliphatic rings. The zero-order valence-electron chi connectivity index (χ0n) is 28.5. The Labute approximate surface area is 289 Å². The lowest BCUT2D eigenvalue weighted by Gasteiger charge is -2.12. The predicted molar refractivity (Wildman–Crippen MR) is 198 cm³/mol. The van der Waals surface area contributed by atoms with Crippen LogP contribution in [0.3, 0.4) is 0 Å². The van der Waals surface area contributed by atoms with Gasteiger partial charge in [-0.25, -0.2) is 0 Å². The molecule has 2 rings (SSSR count). The summed E-state index contributed by atoms with van der Waals surface area (Å²) in [7, 11) is 0. The van der Waals surface area contributed by atoms with Crippen molar-refractivity contribution in [2.45, 2.75) is 27.7 Å². The van der Waals surface area contributed by atoms with Crippen LogP contribution < -0.4 is 55.3 Å². The van der Waals surface area contributed by atoms with E-state index in [0.29, 0.717) is 83.0 Å². The Hall–Kier alpha value is -6.28. The van der Waals surface area contributed by atoms with Gasteiger partial charge in [0.1, 0.15) is 24.7 Å². The molecule has 0 saturated heterocycles. The van der Waals surface area contributed by atoms with Crippen LogP contribution in [0.1, 0.15) is 49.9 Å².